The van der Waals surface area contributed by atoms with E-state index in [2.05, 4.69) is 25.1 Å². The minimum Gasteiger partial charge on any atom is -0.395 e. The number of carbonyl (C=O) groups excluding carboxylic acids is 1. The van der Waals surface area contributed by atoms with E-state index in [1.54, 1.807) is 0 Å². The van der Waals surface area contributed by atoms with Gasteiger partial charge in [-0.3, -0.25) is 4.79 Å². The average Bonchev–Trinajstić information content (AvgIpc) is 2.85. The van der Waals surface area contributed by atoms with E-state index in [1.165, 1.54) is 10.5 Å². The van der Waals surface area contributed by atoms with Crippen molar-refractivity contribution in [3.63, 3.8) is 0 Å². The standard InChI is InChI=1S/C18H26N2O3/c1-4-14-6-7-16-15(12-14)13(3)17(20(16)5-2)18(23)19(8-10-21)9-11-22/h6-7,12,21-22H,4-5,8-11H2,1-3H3. The Bertz CT molecular complexity index is 685. The number of fused-ring (bicyclic) bond motifs is 1. The van der Waals surface area contributed by atoms with Gasteiger partial charge in [-0.1, -0.05) is 13.0 Å². The molecule has 0 aliphatic rings. The van der Waals surface area contributed by atoms with Gasteiger partial charge in [-0.15, -0.1) is 0 Å². The smallest absolute Gasteiger partial charge is 0.270 e. The summed E-state index contributed by atoms with van der Waals surface area (Å²) < 4.78 is 2.02. The second-order valence-electron chi connectivity index (χ2n) is 5.66. The Morgan fingerprint density at radius 2 is 1.83 bits per heavy atom. The Balaban J connectivity index is 2.58. The normalized spacial score (nSPS) is 11.2. The monoisotopic (exact) mass is 318 g/mol. The second kappa shape index (κ2) is 7.62. The van der Waals surface area contributed by atoms with Crippen molar-refractivity contribution < 1.29 is 15.0 Å². The maximum absolute atomic E-state index is 12.9. The molecule has 1 aromatic carbocycles. The van der Waals surface area contributed by atoms with Crippen LogP contribution in [-0.2, 0) is 13.0 Å². The molecule has 5 nitrogen and oxygen atoms in total. The van der Waals surface area contributed by atoms with E-state index in [0.29, 0.717) is 12.2 Å². The molecule has 2 N–H and O–H groups in total. The highest BCUT2D eigenvalue weighted by Gasteiger charge is 2.23. The highest BCUT2D eigenvalue weighted by atomic mass is 16.3. The van der Waals surface area contributed by atoms with Crippen LogP contribution in [0.2, 0.25) is 0 Å². The van der Waals surface area contributed by atoms with Crippen LogP contribution in [0.15, 0.2) is 18.2 Å². The fraction of sp³-hybridized carbons (Fsp3) is 0.500. The quantitative estimate of drug-likeness (QED) is 0.820. The van der Waals surface area contributed by atoms with Gasteiger partial charge in [0.15, 0.2) is 0 Å². The predicted molar refractivity (Wildman–Crippen MR) is 91.8 cm³/mol. The van der Waals surface area contributed by atoms with Crippen LogP contribution in [0.1, 0.15) is 35.5 Å². The third kappa shape index (κ3) is 3.26. The van der Waals surface area contributed by atoms with Crippen molar-refractivity contribution >= 4 is 16.8 Å². The molecule has 0 saturated carbocycles. The number of hydrogen-bond donors (Lipinski definition) is 2. The lowest BCUT2D eigenvalue weighted by Gasteiger charge is -2.22. The lowest BCUT2D eigenvalue weighted by atomic mass is 10.1. The number of aliphatic hydroxyl groups is 2. The number of benzene rings is 1. The van der Waals surface area contributed by atoms with Gasteiger partial charge in [0.05, 0.1) is 13.2 Å². The molecule has 2 rings (SSSR count). The second-order valence-corrected chi connectivity index (χ2v) is 5.66. The highest BCUT2D eigenvalue weighted by molar-refractivity contribution is 6.01. The van der Waals surface area contributed by atoms with Crippen LogP contribution in [0.25, 0.3) is 10.9 Å². The summed E-state index contributed by atoms with van der Waals surface area (Å²) in [5.41, 5.74) is 3.91. The minimum absolute atomic E-state index is 0.114. The molecule has 23 heavy (non-hydrogen) atoms. The molecule has 0 saturated heterocycles. The zero-order chi connectivity index (χ0) is 17.0. The number of aryl methyl sites for hydroxylation is 3. The molecule has 2 aromatic rings. The number of nitrogens with zero attached hydrogens (tertiary/aromatic N) is 2. The molecular weight excluding hydrogens is 292 g/mol. The van der Waals surface area contributed by atoms with Crippen molar-refractivity contribution in [1.82, 2.24) is 9.47 Å². The first kappa shape index (κ1) is 17.5. The van der Waals surface area contributed by atoms with Crippen LogP contribution in [0.5, 0.6) is 0 Å². The third-order valence-electron chi connectivity index (χ3n) is 4.33. The summed E-state index contributed by atoms with van der Waals surface area (Å²) in [6, 6.07) is 6.32. The SMILES string of the molecule is CCc1ccc2c(c1)c(C)c(C(=O)N(CCO)CCO)n2CC. The Hall–Kier alpha value is -1.85. The molecule has 5 heteroatoms. The first-order chi connectivity index (χ1) is 11.1. The number of carbonyl (C=O) groups is 1. The Morgan fingerprint density at radius 3 is 2.35 bits per heavy atom. The first-order valence-corrected chi connectivity index (χ1v) is 8.21. The molecule has 1 aromatic heterocycles. The predicted octanol–water partition coefficient (Wildman–Crippen LogP) is 1.96. The van der Waals surface area contributed by atoms with E-state index in [9.17, 15) is 15.0 Å². The number of rotatable bonds is 7. The summed E-state index contributed by atoms with van der Waals surface area (Å²) in [6.45, 7) is 7.03. The van der Waals surface area contributed by atoms with E-state index in [1.807, 2.05) is 18.4 Å². The van der Waals surface area contributed by atoms with Gasteiger partial charge >= 0.3 is 0 Å². The molecule has 0 bridgehead atoms. The van der Waals surface area contributed by atoms with Gasteiger partial charge in [0, 0.05) is 30.5 Å². The summed E-state index contributed by atoms with van der Waals surface area (Å²) in [6.07, 6.45) is 0.955. The number of aliphatic hydroxyl groups excluding tert-OH is 2. The van der Waals surface area contributed by atoms with Gasteiger partial charge in [-0.25, -0.2) is 0 Å². The zero-order valence-electron chi connectivity index (χ0n) is 14.2. The molecule has 126 valence electrons. The Morgan fingerprint density at radius 1 is 1.17 bits per heavy atom. The molecule has 0 atom stereocenters. The van der Waals surface area contributed by atoms with Crippen LogP contribution in [-0.4, -0.2) is 51.9 Å². The van der Waals surface area contributed by atoms with Crippen molar-refractivity contribution in [3.8, 4) is 0 Å². The number of amides is 1. The van der Waals surface area contributed by atoms with Crippen molar-refractivity contribution in [1.29, 1.82) is 0 Å². The molecule has 0 radical (unpaired) electrons. The van der Waals surface area contributed by atoms with Gasteiger partial charge in [0.2, 0.25) is 0 Å². The summed E-state index contributed by atoms with van der Waals surface area (Å²) in [5.74, 6) is -0.137. The summed E-state index contributed by atoms with van der Waals surface area (Å²) in [4.78, 5) is 14.4. The highest BCUT2D eigenvalue weighted by Crippen LogP contribution is 2.28. The summed E-state index contributed by atoms with van der Waals surface area (Å²) >= 11 is 0. The molecule has 0 fully saturated rings. The van der Waals surface area contributed by atoms with Crippen molar-refractivity contribution in [2.75, 3.05) is 26.3 Å². The largest absolute Gasteiger partial charge is 0.395 e. The van der Waals surface area contributed by atoms with Gasteiger partial charge in [-0.2, -0.15) is 0 Å². The maximum Gasteiger partial charge on any atom is 0.270 e. The molecule has 1 amide bonds. The zero-order valence-corrected chi connectivity index (χ0v) is 14.2. The molecule has 0 spiro atoms. The van der Waals surface area contributed by atoms with Crippen LogP contribution < -0.4 is 0 Å². The van der Waals surface area contributed by atoms with Gasteiger partial charge < -0.3 is 19.7 Å². The van der Waals surface area contributed by atoms with E-state index >= 15 is 0 Å². The molecule has 0 aliphatic carbocycles. The molecule has 1 heterocycles. The van der Waals surface area contributed by atoms with Crippen LogP contribution in [0.4, 0.5) is 0 Å². The first-order valence-electron chi connectivity index (χ1n) is 8.21. The van der Waals surface area contributed by atoms with E-state index in [-0.39, 0.29) is 32.2 Å². The molecule has 0 aliphatic heterocycles. The number of hydrogen-bond acceptors (Lipinski definition) is 3. The summed E-state index contributed by atoms with van der Waals surface area (Å²) in [5, 5.41) is 19.5. The van der Waals surface area contributed by atoms with Crippen molar-refractivity contribution in [3.05, 3.63) is 35.0 Å². The summed E-state index contributed by atoms with van der Waals surface area (Å²) in [7, 11) is 0. The lowest BCUT2D eigenvalue weighted by Crippen LogP contribution is -2.37. The van der Waals surface area contributed by atoms with Gasteiger partial charge in [0.1, 0.15) is 5.69 Å². The van der Waals surface area contributed by atoms with Crippen LogP contribution in [0.3, 0.4) is 0 Å². The lowest BCUT2D eigenvalue weighted by molar-refractivity contribution is 0.0674. The third-order valence-corrected chi connectivity index (χ3v) is 4.33. The van der Waals surface area contributed by atoms with E-state index in [4.69, 9.17) is 0 Å². The minimum atomic E-state index is -0.137. The fourth-order valence-corrected chi connectivity index (χ4v) is 3.10. The van der Waals surface area contributed by atoms with E-state index < -0.39 is 0 Å². The Kier molecular flexibility index (Phi) is 5.80. The topological polar surface area (TPSA) is 65.7 Å². The van der Waals surface area contributed by atoms with Crippen LogP contribution >= 0.6 is 0 Å². The van der Waals surface area contributed by atoms with Crippen molar-refractivity contribution in [2.45, 2.75) is 33.7 Å². The Labute approximate surface area is 137 Å². The van der Waals surface area contributed by atoms with E-state index in [0.717, 1.165) is 22.9 Å². The number of aromatic nitrogens is 1. The average molecular weight is 318 g/mol. The van der Waals surface area contributed by atoms with Gasteiger partial charge in [0.25, 0.3) is 5.91 Å². The molecule has 0 unspecified atom stereocenters. The van der Waals surface area contributed by atoms with Gasteiger partial charge in [-0.05, 0) is 43.5 Å². The van der Waals surface area contributed by atoms with Crippen molar-refractivity contribution in [2.24, 2.45) is 0 Å². The fourth-order valence-electron chi connectivity index (χ4n) is 3.10. The maximum atomic E-state index is 12.9. The van der Waals surface area contributed by atoms with Crippen LogP contribution in [0, 0.1) is 6.92 Å². The molecular formula is C18H26N2O3.